The van der Waals surface area contributed by atoms with Gasteiger partial charge in [0, 0.05) is 25.9 Å². The molecule has 0 aromatic heterocycles. The Kier molecular flexibility index (Phi) is 4.87. The van der Waals surface area contributed by atoms with Gasteiger partial charge in [-0.2, -0.15) is 0 Å². The van der Waals surface area contributed by atoms with Crippen molar-refractivity contribution in [2.24, 2.45) is 0 Å². The number of likely N-dealkylation sites (tertiary alicyclic amines) is 1. The number of Topliss-reactive ketones (excluding diaryl/α,β-unsaturated/α-hetero) is 1. The molecule has 2 saturated heterocycles. The van der Waals surface area contributed by atoms with Crippen LogP contribution in [0.4, 0.5) is 4.79 Å². The molecule has 1 aromatic rings. The predicted molar refractivity (Wildman–Crippen MR) is 94.3 cm³/mol. The molecule has 0 aliphatic carbocycles. The first-order valence-electron chi connectivity index (χ1n) is 8.99. The number of nitrogens with zero attached hydrogens (tertiary/aromatic N) is 1. The number of hydrogen-bond acceptors (Lipinski definition) is 4. The van der Waals surface area contributed by atoms with Crippen molar-refractivity contribution < 1.29 is 19.1 Å². The van der Waals surface area contributed by atoms with Gasteiger partial charge in [0.15, 0.2) is 0 Å². The summed E-state index contributed by atoms with van der Waals surface area (Å²) in [7, 11) is 0. The molecule has 0 saturated carbocycles. The number of rotatable bonds is 1. The molecule has 136 valence electrons. The Hall–Kier alpha value is -1.88. The highest BCUT2D eigenvalue weighted by Gasteiger charge is 2.44. The average molecular weight is 345 g/mol. The van der Waals surface area contributed by atoms with E-state index in [4.69, 9.17) is 9.47 Å². The van der Waals surface area contributed by atoms with Crippen molar-refractivity contribution in [2.45, 2.75) is 63.8 Å². The lowest BCUT2D eigenvalue weighted by atomic mass is 9.81. The van der Waals surface area contributed by atoms with Crippen molar-refractivity contribution in [3.05, 3.63) is 35.9 Å². The van der Waals surface area contributed by atoms with Gasteiger partial charge in [0.25, 0.3) is 0 Å². The largest absolute Gasteiger partial charge is 0.444 e. The maximum atomic E-state index is 12.3. The van der Waals surface area contributed by atoms with Gasteiger partial charge in [0.05, 0.1) is 11.7 Å². The maximum Gasteiger partial charge on any atom is 0.410 e. The van der Waals surface area contributed by atoms with E-state index >= 15 is 0 Å². The molecule has 2 aliphatic heterocycles. The van der Waals surface area contributed by atoms with Crippen LogP contribution in [0.25, 0.3) is 0 Å². The zero-order valence-corrected chi connectivity index (χ0v) is 15.3. The van der Waals surface area contributed by atoms with Crippen LogP contribution in [0.5, 0.6) is 0 Å². The fraction of sp³-hybridized carbons (Fsp3) is 0.600. The molecule has 5 nitrogen and oxygen atoms in total. The van der Waals surface area contributed by atoms with E-state index in [1.165, 1.54) is 0 Å². The van der Waals surface area contributed by atoms with Crippen LogP contribution in [-0.4, -0.2) is 41.1 Å². The second-order valence-electron chi connectivity index (χ2n) is 8.09. The number of hydrogen-bond donors (Lipinski definition) is 0. The fourth-order valence-electron chi connectivity index (χ4n) is 3.59. The van der Waals surface area contributed by atoms with Crippen molar-refractivity contribution >= 4 is 11.9 Å². The van der Waals surface area contributed by atoms with Crippen LogP contribution < -0.4 is 0 Å². The van der Waals surface area contributed by atoms with Crippen LogP contribution in [0.15, 0.2) is 30.3 Å². The lowest BCUT2D eigenvalue weighted by molar-refractivity contribution is -0.168. The monoisotopic (exact) mass is 345 g/mol. The standard InChI is InChI=1S/C20H27NO4/c1-19(2,3)25-18(23)21-11-9-20(10-12-21)14-16(22)13-17(24-20)15-7-5-4-6-8-15/h4-8,17H,9-14H2,1-3H3. The van der Waals surface area contributed by atoms with Gasteiger partial charge in [0.1, 0.15) is 11.4 Å². The summed E-state index contributed by atoms with van der Waals surface area (Å²) in [5, 5.41) is 0. The van der Waals surface area contributed by atoms with Gasteiger partial charge in [-0.3, -0.25) is 4.79 Å². The van der Waals surface area contributed by atoms with E-state index in [-0.39, 0.29) is 18.0 Å². The molecule has 0 bridgehead atoms. The number of piperidine rings is 1. The van der Waals surface area contributed by atoms with E-state index in [2.05, 4.69) is 0 Å². The van der Waals surface area contributed by atoms with E-state index in [9.17, 15) is 9.59 Å². The van der Waals surface area contributed by atoms with Gasteiger partial charge in [-0.15, -0.1) is 0 Å². The van der Waals surface area contributed by atoms with Crippen LogP contribution >= 0.6 is 0 Å². The van der Waals surface area contributed by atoms with Crippen molar-refractivity contribution in [1.82, 2.24) is 4.90 Å². The van der Waals surface area contributed by atoms with Gasteiger partial charge in [-0.1, -0.05) is 30.3 Å². The third-order valence-corrected chi connectivity index (χ3v) is 4.82. The first-order valence-corrected chi connectivity index (χ1v) is 8.99. The first-order chi connectivity index (χ1) is 11.8. The number of ether oxygens (including phenoxy) is 2. The molecule has 2 fully saturated rings. The summed E-state index contributed by atoms with van der Waals surface area (Å²) in [5.41, 5.74) is 0.0977. The quantitative estimate of drug-likeness (QED) is 0.775. The van der Waals surface area contributed by atoms with Crippen molar-refractivity contribution in [2.75, 3.05) is 13.1 Å². The number of carbonyl (C=O) groups excluding carboxylic acids is 2. The Bertz CT molecular complexity index is 627. The Morgan fingerprint density at radius 2 is 1.84 bits per heavy atom. The average Bonchev–Trinajstić information content (AvgIpc) is 2.54. The molecule has 0 radical (unpaired) electrons. The normalized spacial score (nSPS) is 23.6. The minimum absolute atomic E-state index is 0.185. The highest BCUT2D eigenvalue weighted by atomic mass is 16.6. The van der Waals surface area contributed by atoms with Crippen molar-refractivity contribution in [3.63, 3.8) is 0 Å². The summed E-state index contributed by atoms with van der Waals surface area (Å²) >= 11 is 0. The molecule has 3 rings (SSSR count). The number of benzene rings is 1. The zero-order chi connectivity index (χ0) is 18.1. The molecule has 0 N–H and O–H groups in total. The van der Waals surface area contributed by atoms with Gasteiger partial charge in [-0.25, -0.2) is 4.79 Å². The van der Waals surface area contributed by atoms with Crippen molar-refractivity contribution in [1.29, 1.82) is 0 Å². The minimum Gasteiger partial charge on any atom is -0.444 e. The molecule has 1 amide bonds. The van der Waals surface area contributed by atoms with Crippen LogP contribution in [0.2, 0.25) is 0 Å². The van der Waals surface area contributed by atoms with Gasteiger partial charge in [0.2, 0.25) is 0 Å². The second-order valence-corrected chi connectivity index (χ2v) is 8.09. The number of ketones is 1. The maximum absolute atomic E-state index is 12.3. The highest BCUT2D eigenvalue weighted by Crippen LogP contribution is 2.41. The van der Waals surface area contributed by atoms with E-state index in [0.29, 0.717) is 38.8 Å². The van der Waals surface area contributed by atoms with E-state index in [1.807, 2.05) is 51.1 Å². The lowest BCUT2D eigenvalue weighted by Crippen LogP contribution is -2.52. The van der Waals surface area contributed by atoms with Crippen LogP contribution in [-0.2, 0) is 14.3 Å². The Morgan fingerprint density at radius 3 is 2.44 bits per heavy atom. The molecule has 1 atom stereocenters. The minimum atomic E-state index is -0.498. The SMILES string of the molecule is CC(C)(C)OC(=O)N1CCC2(CC1)CC(=O)CC(c1ccccc1)O2. The van der Waals surface area contributed by atoms with Crippen LogP contribution in [0.1, 0.15) is 58.1 Å². The predicted octanol–water partition coefficient (Wildman–Crippen LogP) is 3.88. The Labute approximate surface area is 149 Å². The number of carbonyl (C=O) groups is 2. The molecule has 1 unspecified atom stereocenters. The summed E-state index contributed by atoms with van der Waals surface area (Å²) < 4.78 is 11.8. The van der Waals surface area contributed by atoms with E-state index in [1.54, 1.807) is 4.90 Å². The molecular formula is C20H27NO4. The third kappa shape index (κ3) is 4.40. The van der Waals surface area contributed by atoms with Gasteiger partial charge in [-0.05, 0) is 39.2 Å². The van der Waals surface area contributed by atoms with Gasteiger partial charge < -0.3 is 14.4 Å². The highest BCUT2D eigenvalue weighted by molar-refractivity contribution is 5.81. The summed E-state index contributed by atoms with van der Waals surface area (Å²) in [6, 6.07) is 9.91. The van der Waals surface area contributed by atoms with Gasteiger partial charge >= 0.3 is 6.09 Å². The lowest BCUT2D eigenvalue weighted by Gasteiger charge is -2.45. The van der Waals surface area contributed by atoms with Crippen LogP contribution in [0.3, 0.4) is 0 Å². The van der Waals surface area contributed by atoms with E-state index in [0.717, 1.165) is 5.56 Å². The molecular weight excluding hydrogens is 318 g/mol. The zero-order valence-electron chi connectivity index (χ0n) is 15.3. The summed E-state index contributed by atoms with van der Waals surface area (Å²) in [5.74, 6) is 0.242. The molecule has 25 heavy (non-hydrogen) atoms. The molecule has 5 heteroatoms. The smallest absolute Gasteiger partial charge is 0.410 e. The molecule has 1 spiro atoms. The second kappa shape index (κ2) is 6.79. The van der Waals surface area contributed by atoms with Crippen LogP contribution in [0, 0.1) is 0 Å². The van der Waals surface area contributed by atoms with Crippen molar-refractivity contribution in [3.8, 4) is 0 Å². The molecule has 2 heterocycles. The Morgan fingerprint density at radius 1 is 1.20 bits per heavy atom. The summed E-state index contributed by atoms with van der Waals surface area (Å²) in [6.45, 7) is 6.71. The number of amides is 1. The summed E-state index contributed by atoms with van der Waals surface area (Å²) in [6.07, 6.45) is 1.74. The molecule has 2 aliphatic rings. The first kappa shape index (κ1) is 17.9. The molecule has 1 aromatic carbocycles. The Balaban J connectivity index is 1.65. The third-order valence-electron chi connectivity index (χ3n) is 4.82. The fourth-order valence-corrected chi connectivity index (χ4v) is 3.59. The summed E-state index contributed by atoms with van der Waals surface area (Å²) in [4.78, 5) is 26.3. The topological polar surface area (TPSA) is 55.8 Å². The van der Waals surface area contributed by atoms with E-state index < -0.39 is 11.2 Å².